The highest BCUT2D eigenvalue weighted by atomic mass is 15.0. The molecule has 0 unspecified atom stereocenters. The third-order valence-electron chi connectivity index (χ3n) is 6.80. The molecule has 0 aliphatic rings. The lowest BCUT2D eigenvalue weighted by Crippen LogP contribution is -1.95. The maximum Gasteiger partial charge on any atom is 0.0644 e. The van der Waals surface area contributed by atoms with Gasteiger partial charge in [0.1, 0.15) is 0 Å². The standard InChI is InChI=1S/C31H22N2/c1-21-20-28-30(25-17-9-10-18-26(25)32(28)22-12-4-2-5-13-22)31-29(21)24-16-8-11-19-27(24)33(31)23-14-6-3-7-15-23/h2-20H,1H3. The fourth-order valence-corrected chi connectivity index (χ4v) is 5.50. The van der Waals surface area contributed by atoms with E-state index in [1.807, 2.05) is 0 Å². The molecular formula is C31H22N2. The van der Waals surface area contributed by atoms with Crippen LogP contribution in [0.25, 0.3) is 55.0 Å². The monoisotopic (exact) mass is 422 g/mol. The summed E-state index contributed by atoms with van der Waals surface area (Å²) in [6, 6.07) is 41.4. The number of fused-ring (bicyclic) bond motifs is 7. The van der Waals surface area contributed by atoms with E-state index in [0.29, 0.717) is 0 Å². The molecule has 2 heteroatoms. The zero-order valence-electron chi connectivity index (χ0n) is 18.4. The van der Waals surface area contributed by atoms with Gasteiger partial charge < -0.3 is 9.13 Å². The van der Waals surface area contributed by atoms with Crippen molar-refractivity contribution in [1.29, 1.82) is 0 Å². The number of hydrogen-bond donors (Lipinski definition) is 0. The van der Waals surface area contributed by atoms with Gasteiger partial charge in [0.15, 0.2) is 0 Å². The highest BCUT2D eigenvalue weighted by Gasteiger charge is 2.21. The van der Waals surface area contributed by atoms with Gasteiger partial charge in [-0.15, -0.1) is 0 Å². The normalized spacial score (nSPS) is 11.8. The van der Waals surface area contributed by atoms with Crippen LogP contribution in [0.2, 0.25) is 0 Å². The van der Waals surface area contributed by atoms with Gasteiger partial charge in [-0.05, 0) is 55.0 Å². The van der Waals surface area contributed by atoms with E-state index in [4.69, 9.17) is 0 Å². The van der Waals surface area contributed by atoms with Crippen LogP contribution in [0.3, 0.4) is 0 Å². The third-order valence-corrected chi connectivity index (χ3v) is 6.80. The summed E-state index contributed by atoms with van der Waals surface area (Å²) in [6.07, 6.45) is 0. The van der Waals surface area contributed by atoms with Crippen LogP contribution in [0.5, 0.6) is 0 Å². The fraction of sp³-hybridized carbons (Fsp3) is 0.0323. The van der Waals surface area contributed by atoms with Crippen LogP contribution >= 0.6 is 0 Å². The Kier molecular flexibility index (Phi) is 3.80. The molecule has 0 saturated carbocycles. The van der Waals surface area contributed by atoms with Gasteiger partial charge in [-0.1, -0.05) is 72.8 Å². The smallest absolute Gasteiger partial charge is 0.0644 e. The van der Waals surface area contributed by atoms with E-state index in [9.17, 15) is 0 Å². The van der Waals surface area contributed by atoms with Crippen molar-refractivity contribution < 1.29 is 0 Å². The average molecular weight is 423 g/mol. The highest BCUT2D eigenvalue weighted by Crippen LogP contribution is 2.43. The Morgan fingerprint density at radius 3 is 1.58 bits per heavy atom. The average Bonchev–Trinajstić information content (AvgIpc) is 3.38. The second-order valence-electron chi connectivity index (χ2n) is 8.69. The summed E-state index contributed by atoms with van der Waals surface area (Å²) in [5.74, 6) is 0. The molecule has 2 heterocycles. The number of para-hydroxylation sites is 4. The minimum Gasteiger partial charge on any atom is -0.309 e. The summed E-state index contributed by atoms with van der Waals surface area (Å²) in [5.41, 5.74) is 8.66. The molecule has 5 aromatic carbocycles. The van der Waals surface area contributed by atoms with Crippen LogP contribution in [0, 0.1) is 6.92 Å². The van der Waals surface area contributed by atoms with E-state index < -0.39 is 0 Å². The van der Waals surface area contributed by atoms with Gasteiger partial charge >= 0.3 is 0 Å². The molecule has 156 valence electrons. The molecule has 0 radical (unpaired) electrons. The zero-order chi connectivity index (χ0) is 21.9. The van der Waals surface area contributed by atoms with Crippen molar-refractivity contribution in [2.45, 2.75) is 6.92 Å². The second-order valence-corrected chi connectivity index (χ2v) is 8.69. The van der Waals surface area contributed by atoms with Crippen LogP contribution in [-0.2, 0) is 0 Å². The number of aromatic nitrogens is 2. The summed E-state index contributed by atoms with van der Waals surface area (Å²) in [5, 5.41) is 5.21. The van der Waals surface area contributed by atoms with E-state index in [2.05, 4.69) is 131 Å². The van der Waals surface area contributed by atoms with Gasteiger partial charge in [0.05, 0.1) is 22.1 Å². The zero-order valence-corrected chi connectivity index (χ0v) is 18.4. The molecule has 0 N–H and O–H groups in total. The molecule has 0 aliphatic carbocycles. The summed E-state index contributed by atoms with van der Waals surface area (Å²) >= 11 is 0. The number of aryl methyl sites for hydroxylation is 1. The minimum atomic E-state index is 1.19. The Balaban J connectivity index is 1.81. The molecule has 0 atom stereocenters. The molecule has 0 spiro atoms. The van der Waals surface area contributed by atoms with Gasteiger partial charge in [0.25, 0.3) is 0 Å². The third kappa shape index (κ3) is 2.49. The second kappa shape index (κ2) is 6.85. The van der Waals surface area contributed by atoms with Crippen LogP contribution in [0.4, 0.5) is 0 Å². The Bertz CT molecular complexity index is 1800. The molecule has 2 nitrogen and oxygen atoms in total. The summed E-state index contributed by atoms with van der Waals surface area (Å²) in [7, 11) is 0. The molecule has 7 aromatic rings. The van der Waals surface area contributed by atoms with Crippen LogP contribution in [-0.4, -0.2) is 9.13 Å². The predicted molar refractivity (Wildman–Crippen MR) is 140 cm³/mol. The molecule has 2 aromatic heterocycles. The largest absolute Gasteiger partial charge is 0.309 e. The number of nitrogens with zero attached hydrogens (tertiary/aromatic N) is 2. The van der Waals surface area contributed by atoms with E-state index in [1.54, 1.807) is 0 Å². The van der Waals surface area contributed by atoms with Crippen molar-refractivity contribution in [3.05, 3.63) is 121 Å². The lowest BCUT2D eigenvalue weighted by atomic mass is 10.0. The highest BCUT2D eigenvalue weighted by molar-refractivity contribution is 6.27. The van der Waals surface area contributed by atoms with Gasteiger partial charge in [0.2, 0.25) is 0 Å². The maximum absolute atomic E-state index is 2.45. The van der Waals surface area contributed by atoms with E-state index in [0.717, 1.165) is 0 Å². The fourth-order valence-electron chi connectivity index (χ4n) is 5.50. The van der Waals surface area contributed by atoms with Gasteiger partial charge in [0, 0.05) is 32.9 Å². The number of rotatable bonds is 2. The Morgan fingerprint density at radius 1 is 0.455 bits per heavy atom. The van der Waals surface area contributed by atoms with E-state index in [-0.39, 0.29) is 0 Å². The summed E-state index contributed by atoms with van der Waals surface area (Å²) in [6.45, 7) is 2.25. The lowest BCUT2D eigenvalue weighted by molar-refractivity contribution is 1.17. The first-order chi connectivity index (χ1) is 16.3. The minimum absolute atomic E-state index is 1.19. The van der Waals surface area contributed by atoms with Crippen LogP contribution in [0.1, 0.15) is 5.56 Å². The number of benzene rings is 5. The Hall–Kier alpha value is -4.30. The van der Waals surface area contributed by atoms with Crippen molar-refractivity contribution >= 4 is 43.6 Å². The Morgan fingerprint density at radius 2 is 0.939 bits per heavy atom. The summed E-state index contributed by atoms with van der Waals surface area (Å²) < 4.78 is 4.85. The molecule has 7 rings (SSSR count). The van der Waals surface area contributed by atoms with Crippen LogP contribution in [0.15, 0.2) is 115 Å². The first-order valence-corrected chi connectivity index (χ1v) is 11.4. The molecule has 0 saturated heterocycles. The summed E-state index contributed by atoms with van der Waals surface area (Å²) in [4.78, 5) is 0. The Labute approximate surface area is 191 Å². The maximum atomic E-state index is 2.45. The predicted octanol–water partition coefficient (Wildman–Crippen LogP) is 8.19. The molecule has 33 heavy (non-hydrogen) atoms. The van der Waals surface area contributed by atoms with E-state index in [1.165, 1.54) is 60.5 Å². The quantitative estimate of drug-likeness (QED) is 0.266. The van der Waals surface area contributed by atoms with E-state index >= 15 is 0 Å². The van der Waals surface area contributed by atoms with Crippen molar-refractivity contribution in [3.8, 4) is 11.4 Å². The van der Waals surface area contributed by atoms with Crippen molar-refractivity contribution in [3.63, 3.8) is 0 Å². The molecule has 0 bridgehead atoms. The van der Waals surface area contributed by atoms with Crippen molar-refractivity contribution in [2.75, 3.05) is 0 Å². The number of hydrogen-bond acceptors (Lipinski definition) is 0. The molecular weight excluding hydrogens is 400 g/mol. The lowest BCUT2D eigenvalue weighted by Gasteiger charge is -2.11. The molecule has 0 amide bonds. The first kappa shape index (κ1) is 18.3. The molecule has 0 fully saturated rings. The molecule has 0 aliphatic heterocycles. The first-order valence-electron chi connectivity index (χ1n) is 11.4. The van der Waals surface area contributed by atoms with Crippen molar-refractivity contribution in [1.82, 2.24) is 9.13 Å². The van der Waals surface area contributed by atoms with Gasteiger partial charge in [-0.25, -0.2) is 0 Å². The SMILES string of the molecule is Cc1cc2c(c3ccccc3n2-c2ccccc2)c2c1c1ccccc1n2-c1ccccc1. The van der Waals surface area contributed by atoms with Crippen molar-refractivity contribution in [2.24, 2.45) is 0 Å². The van der Waals surface area contributed by atoms with Gasteiger partial charge in [-0.3, -0.25) is 0 Å². The van der Waals surface area contributed by atoms with Gasteiger partial charge in [-0.2, -0.15) is 0 Å². The van der Waals surface area contributed by atoms with Crippen LogP contribution < -0.4 is 0 Å². The topological polar surface area (TPSA) is 9.86 Å².